The first kappa shape index (κ1) is 13.0. The molecule has 82 valence electrons. The minimum absolute atomic E-state index is 0.380. The Morgan fingerprint density at radius 3 is 2.29 bits per heavy atom. The molecule has 0 aromatic rings. The van der Waals surface area contributed by atoms with Crippen LogP contribution >= 0.6 is 0 Å². The summed E-state index contributed by atoms with van der Waals surface area (Å²) in [6, 6.07) is 0. The minimum atomic E-state index is -0.853. The van der Waals surface area contributed by atoms with Crippen LogP contribution in [0.5, 0.6) is 0 Å². The number of rotatable bonds is 6. The predicted molar refractivity (Wildman–Crippen MR) is 57.2 cm³/mol. The van der Waals surface area contributed by atoms with Gasteiger partial charge in [0.1, 0.15) is 0 Å². The van der Waals surface area contributed by atoms with Gasteiger partial charge >= 0.3 is 5.97 Å². The molecule has 0 heterocycles. The lowest BCUT2D eigenvalue weighted by atomic mass is 10.3. The zero-order valence-corrected chi connectivity index (χ0v) is 9.45. The smallest absolute Gasteiger partial charge is 0.332 e. The van der Waals surface area contributed by atoms with E-state index in [1.807, 2.05) is 25.9 Å². The first-order valence-corrected chi connectivity index (χ1v) is 4.77. The first-order valence-electron chi connectivity index (χ1n) is 4.77. The number of carboxylic acid groups (broad SMARTS) is 1. The van der Waals surface area contributed by atoms with E-state index in [1.54, 1.807) is 13.1 Å². The highest BCUT2D eigenvalue weighted by molar-refractivity contribution is 5.85. The number of likely N-dealkylation sites (N-methyl/N-ethyl adjacent to an activating group) is 2. The molecule has 0 atom stereocenters. The molecule has 14 heavy (non-hydrogen) atoms. The lowest BCUT2D eigenvalue weighted by molar-refractivity contribution is -0.132. The van der Waals surface area contributed by atoms with Gasteiger partial charge < -0.3 is 14.9 Å². The number of carboxylic acids is 1. The standard InChI is InChI=1S/C10H20N2O2/c1-5-12(7-6-11(3)4)8-9(2)10(13)14/h8H,5-7H2,1-4H3,(H,13,14). The van der Waals surface area contributed by atoms with Crippen molar-refractivity contribution in [2.24, 2.45) is 0 Å². The summed E-state index contributed by atoms with van der Waals surface area (Å²) in [5.41, 5.74) is 0.380. The maximum Gasteiger partial charge on any atom is 0.332 e. The van der Waals surface area contributed by atoms with Crippen molar-refractivity contribution in [1.29, 1.82) is 0 Å². The van der Waals surface area contributed by atoms with Crippen LogP contribution in [-0.2, 0) is 4.79 Å². The van der Waals surface area contributed by atoms with Crippen LogP contribution in [0.4, 0.5) is 0 Å². The van der Waals surface area contributed by atoms with Crippen molar-refractivity contribution < 1.29 is 9.90 Å². The van der Waals surface area contributed by atoms with Crippen LogP contribution in [0.15, 0.2) is 11.8 Å². The summed E-state index contributed by atoms with van der Waals surface area (Å²) in [5, 5.41) is 8.70. The normalized spacial score (nSPS) is 11.9. The van der Waals surface area contributed by atoms with E-state index < -0.39 is 5.97 Å². The lowest BCUT2D eigenvalue weighted by Gasteiger charge is -2.21. The van der Waals surface area contributed by atoms with Gasteiger partial charge in [0.05, 0.1) is 0 Å². The summed E-state index contributed by atoms with van der Waals surface area (Å²) in [7, 11) is 4.00. The summed E-state index contributed by atoms with van der Waals surface area (Å²) in [6.45, 7) is 6.24. The number of hydrogen-bond acceptors (Lipinski definition) is 3. The van der Waals surface area contributed by atoms with Crippen LogP contribution in [0.3, 0.4) is 0 Å². The molecule has 0 unspecified atom stereocenters. The van der Waals surface area contributed by atoms with E-state index in [2.05, 4.69) is 4.90 Å². The fourth-order valence-electron chi connectivity index (χ4n) is 0.971. The van der Waals surface area contributed by atoms with Gasteiger partial charge in [0.25, 0.3) is 0 Å². The average Bonchev–Trinajstić information content (AvgIpc) is 2.11. The van der Waals surface area contributed by atoms with Crippen LogP contribution in [0.1, 0.15) is 13.8 Å². The number of nitrogens with zero attached hydrogens (tertiary/aromatic N) is 2. The van der Waals surface area contributed by atoms with Gasteiger partial charge in [-0.25, -0.2) is 4.79 Å². The van der Waals surface area contributed by atoms with E-state index in [4.69, 9.17) is 5.11 Å². The summed E-state index contributed by atoms with van der Waals surface area (Å²) >= 11 is 0. The maximum atomic E-state index is 10.6. The molecule has 0 aromatic carbocycles. The van der Waals surface area contributed by atoms with Gasteiger partial charge in [0.15, 0.2) is 0 Å². The van der Waals surface area contributed by atoms with Gasteiger partial charge in [-0.2, -0.15) is 0 Å². The van der Waals surface area contributed by atoms with Crippen LogP contribution in [-0.4, -0.2) is 54.6 Å². The monoisotopic (exact) mass is 200 g/mol. The fraction of sp³-hybridized carbons (Fsp3) is 0.700. The highest BCUT2D eigenvalue weighted by Gasteiger charge is 2.03. The Labute approximate surface area is 85.8 Å². The second kappa shape index (κ2) is 6.43. The second-order valence-corrected chi connectivity index (χ2v) is 3.55. The van der Waals surface area contributed by atoms with Gasteiger partial charge in [0.2, 0.25) is 0 Å². The van der Waals surface area contributed by atoms with Gasteiger partial charge in [-0.3, -0.25) is 0 Å². The molecule has 0 aliphatic carbocycles. The van der Waals surface area contributed by atoms with Gasteiger partial charge in [-0.05, 0) is 27.9 Å². The van der Waals surface area contributed by atoms with Crippen molar-refractivity contribution in [3.63, 3.8) is 0 Å². The molecule has 0 saturated heterocycles. The number of hydrogen-bond donors (Lipinski definition) is 1. The Morgan fingerprint density at radius 1 is 1.36 bits per heavy atom. The Balaban J connectivity index is 4.14. The van der Waals surface area contributed by atoms with Crippen LogP contribution in [0, 0.1) is 0 Å². The third kappa shape index (κ3) is 5.59. The molecule has 0 amide bonds. The van der Waals surface area contributed by atoms with Crippen LogP contribution in [0.25, 0.3) is 0 Å². The van der Waals surface area contributed by atoms with Crippen molar-refractivity contribution >= 4 is 5.97 Å². The van der Waals surface area contributed by atoms with Crippen molar-refractivity contribution in [3.8, 4) is 0 Å². The molecule has 0 spiro atoms. The van der Waals surface area contributed by atoms with E-state index in [0.717, 1.165) is 19.6 Å². The largest absolute Gasteiger partial charge is 0.478 e. The first-order chi connectivity index (χ1) is 6.47. The molecule has 0 aliphatic heterocycles. The molecule has 0 fully saturated rings. The zero-order chi connectivity index (χ0) is 11.1. The van der Waals surface area contributed by atoms with Crippen molar-refractivity contribution in [2.75, 3.05) is 33.7 Å². The molecule has 0 aliphatic rings. The van der Waals surface area contributed by atoms with Crippen LogP contribution < -0.4 is 0 Å². The summed E-state index contributed by atoms with van der Waals surface area (Å²) in [4.78, 5) is 14.7. The highest BCUT2D eigenvalue weighted by atomic mass is 16.4. The Morgan fingerprint density at radius 2 is 1.93 bits per heavy atom. The highest BCUT2D eigenvalue weighted by Crippen LogP contribution is 1.97. The van der Waals surface area contributed by atoms with E-state index in [0.29, 0.717) is 5.57 Å². The molecule has 0 aromatic heterocycles. The van der Waals surface area contributed by atoms with Crippen molar-refractivity contribution in [1.82, 2.24) is 9.80 Å². The van der Waals surface area contributed by atoms with Crippen molar-refractivity contribution in [3.05, 3.63) is 11.8 Å². The lowest BCUT2D eigenvalue weighted by Crippen LogP contribution is -2.28. The topological polar surface area (TPSA) is 43.8 Å². The van der Waals surface area contributed by atoms with Gasteiger partial charge in [-0.1, -0.05) is 0 Å². The zero-order valence-electron chi connectivity index (χ0n) is 9.45. The van der Waals surface area contributed by atoms with Crippen molar-refractivity contribution in [2.45, 2.75) is 13.8 Å². The third-order valence-corrected chi connectivity index (χ3v) is 1.95. The molecule has 1 N–H and O–H groups in total. The molecular weight excluding hydrogens is 180 g/mol. The quantitative estimate of drug-likeness (QED) is 0.646. The second-order valence-electron chi connectivity index (χ2n) is 3.55. The number of aliphatic carboxylic acids is 1. The van der Waals surface area contributed by atoms with Gasteiger partial charge in [0, 0.05) is 31.4 Å². The van der Waals surface area contributed by atoms with E-state index in [1.165, 1.54) is 0 Å². The Bertz CT molecular complexity index is 212. The molecule has 4 heteroatoms. The number of carbonyl (C=O) groups is 1. The Hall–Kier alpha value is -1.03. The molecular formula is C10H20N2O2. The fourth-order valence-corrected chi connectivity index (χ4v) is 0.971. The van der Waals surface area contributed by atoms with Gasteiger partial charge in [-0.15, -0.1) is 0 Å². The predicted octanol–water partition coefficient (Wildman–Crippen LogP) is 0.858. The van der Waals surface area contributed by atoms with E-state index in [9.17, 15) is 4.79 Å². The SMILES string of the molecule is CCN(C=C(C)C(=O)O)CCN(C)C. The van der Waals surface area contributed by atoms with E-state index in [-0.39, 0.29) is 0 Å². The molecule has 0 rings (SSSR count). The molecule has 4 nitrogen and oxygen atoms in total. The Kier molecular flexibility index (Phi) is 5.95. The maximum absolute atomic E-state index is 10.6. The van der Waals surface area contributed by atoms with Crippen LogP contribution in [0.2, 0.25) is 0 Å². The summed E-state index contributed by atoms with van der Waals surface area (Å²) in [6.07, 6.45) is 1.70. The minimum Gasteiger partial charge on any atom is -0.478 e. The average molecular weight is 200 g/mol. The third-order valence-electron chi connectivity index (χ3n) is 1.95. The molecule has 0 radical (unpaired) electrons. The molecule has 0 saturated carbocycles. The molecule has 0 bridgehead atoms. The summed E-state index contributed by atoms with van der Waals surface area (Å²) < 4.78 is 0. The summed E-state index contributed by atoms with van der Waals surface area (Å²) in [5.74, 6) is -0.853. The van der Waals surface area contributed by atoms with E-state index >= 15 is 0 Å².